The number of hydrogen-bond donors (Lipinski definition) is 0. The number of ketones is 1. The number of nitro groups is 1. The van der Waals surface area contributed by atoms with Crippen LogP contribution in [0, 0.1) is 10.1 Å². The Morgan fingerprint density at radius 3 is 2.20 bits per heavy atom. The van der Waals surface area contributed by atoms with Crippen LogP contribution < -0.4 is 0 Å². The van der Waals surface area contributed by atoms with Crippen LogP contribution in [0.5, 0.6) is 0 Å². The topological polar surface area (TPSA) is 78.7 Å². The van der Waals surface area contributed by atoms with E-state index in [-0.39, 0.29) is 6.42 Å². The summed E-state index contributed by atoms with van der Waals surface area (Å²) in [5.74, 6) is -1.78. The molecule has 0 fully saturated rings. The number of ether oxygens (including phenoxy) is 2. The zero-order valence-electron chi connectivity index (χ0n) is 11.7. The largest absolute Gasteiger partial charge is 0.346 e. The molecule has 0 amide bonds. The lowest BCUT2D eigenvalue weighted by Gasteiger charge is -2.32. The van der Waals surface area contributed by atoms with E-state index in [1.165, 1.54) is 0 Å². The maximum atomic E-state index is 11.8. The summed E-state index contributed by atoms with van der Waals surface area (Å²) in [6.45, 7) is 3.51. The number of carbonyl (C=O) groups is 1. The minimum absolute atomic E-state index is 0.181. The molecule has 0 saturated heterocycles. The van der Waals surface area contributed by atoms with Gasteiger partial charge < -0.3 is 9.47 Å². The van der Waals surface area contributed by atoms with Gasteiger partial charge in [-0.15, -0.1) is 0 Å². The molecule has 0 spiro atoms. The Morgan fingerprint density at radius 1 is 1.20 bits per heavy atom. The molecule has 6 heteroatoms. The molecule has 0 unspecified atom stereocenters. The molecule has 1 aromatic carbocycles. The van der Waals surface area contributed by atoms with Crippen molar-refractivity contribution in [3.05, 3.63) is 46.0 Å². The van der Waals surface area contributed by atoms with E-state index in [1.807, 2.05) is 6.07 Å². The standard InChI is InChI=1S/C14H19NO5/c1-3-19-14(20-4-2,10-13(16)11-15(17)18)12-8-6-5-7-9-12/h5-9H,3-4,10-11H2,1-2H3. The van der Waals surface area contributed by atoms with Crippen molar-refractivity contribution in [2.75, 3.05) is 19.8 Å². The van der Waals surface area contributed by atoms with Gasteiger partial charge in [0.05, 0.1) is 6.42 Å². The molecule has 1 aromatic rings. The number of rotatable bonds is 9. The number of benzene rings is 1. The van der Waals surface area contributed by atoms with Crippen molar-refractivity contribution in [3.63, 3.8) is 0 Å². The van der Waals surface area contributed by atoms with E-state index in [4.69, 9.17) is 9.47 Å². The third-order valence-corrected chi connectivity index (χ3v) is 2.70. The van der Waals surface area contributed by atoms with Crippen LogP contribution in [-0.4, -0.2) is 30.5 Å². The van der Waals surface area contributed by atoms with Crippen molar-refractivity contribution in [1.82, 2.24) is 0 Å². The maximum absolute atomic E-state index is 11.8. The van der Waals surface area contributed by atoms with Crippen LogP contribution in [0.3, 0.4) is 0 Å². The first-order valence-electron chi connectivity index (χ1n) is 6.51. The molecular formula is C14H19NO5. The molecule has 0 atom stereocenters. The quantitative estimate of drug-likeness (QED) is 0.393. The molecule has 0 aromatic heterocycles. The van der Waals surface area contributed by atoms with E-state index in [2.05, 4.69) is 0 Å². The second-order valence-electron chi connectivity index (χ2n) is 4.19. The van der Waals surface area contributed by atoms with E-state index in [1.54, 1.807) is 38.1 Å². The highest BCUT2D eigenvalue weighted by atomic mass is 16.7. The number of hydrogen-bond acceptors (Lipinski definition) is 5. The number of Topliss-reactive ketones (excluding diaryl/α,β-unsaturated/α-hetero) is 1. The third-order valence-electron chi connectivity index (χ3n) is 2.70. The molecule has 0 bridgehead atoms. The Kier molecular flexibility index (Phi) is 6.27. The van der Waals surface area contributed by atoms with Gasteiger partial charge in [0, 0.05) is 23.7 Å². The van der Waals surface area contributed by atoms with Gasteiger partial charge in [-0.3, -0.25) is 14.9 Å². The highest BCUT2D eigenvalue weighted by molar-refractivity contribution is 5.80. The van der Waals surface area contributed by atoms with Crippen molar-refractivity contribution in [1.29, 1.82) is 0 Å². The van der Waals surface area contributed by atoms with Crippen LogP contribution in [0.15, 0.2) is 30.3 Å². The van der Waals surface area contributed by atoms with E-state index < -0.39 is 23.0 Å². The van der Waals surface area contributed by atoms with Crippen LogP contribution in [0.2, 0.25) is 0 Å². The highest BCUT2D eigenvalue weighted by Crippen LogP contribution is 2.31. The fourth-order valence-electron chi connectivity index (χ4n) is 2.03. The Hall–Kier alpha value is -1.79. The Morgan fingerprint density at radius 2 is 1.75 bits per heavy atom. The molecule has 0 heterocycles. The van der Waals surface area contributed by atoms with Crippen molar-refractivity contribution >= 4 is 5.78 Å². The van der Waals surface area contributed by atoms with E-state index in [9.17, 15) is 14.9 Å². The SMILES string of the molecule is CCOC(CC(=O)C[N+](=O)[O-])(OCC)c1ccccc1. The molecule has 1 rings (SSSR count). The van der Waals surface area contributed by atoms with Gasteiger partial charge in [-0.1, -0.05) is 30.3 Å². The van der Waals surface area contributed by atoms with Gasteiger partial charge >= 0.3 is 0 Å². The fourth-order valence-corrected chi connectivity index (χ4v) is 2.03. The monoisotopic (exact) mass is 281 g/mol. The predicted octanol–water partition coefficient (Wildman–Crippen LogP) is 2.15. The van der Waals surface area contributed by atoms with E-state index in [0.29, 0.717) is 18.8 Å². The highest BCUT2D eigenvalue weighted by Gasteiger charge is 2.37. The molecule has 0 saturated carbocycles. The summed E-state index contributed by atoms with van der Waals surface area (Å²) in [7, 11) is 0. The summed E-state index contributed by atoms with van der Waals surface area (Å²) in [6.07, 6.45) is -0.181. The molecule has 6 nitrogen and oxygen atoms in total. The van der Waals surface area contributed by atoms with Gasteiger partial charge in [0.25, 0.3) is 6.54 Å². The lowest BCUT2D eigenvalue weighted by atomic mass is 9.99. The zero-order valence-corrected chi connectivity index (χ0v) is 11.7. The summed E-state index contributed by atoms with van der Waals surface area (Å²) in [6, 6.07) is 9.01. The number of carbonyl (C=O) groups excluding carboxylic acids is 1. The summed E-state index contributed by atoms with van der Waals surface area (Å²) in [4.78, 5) is 21.6. The first-order chi connectivity index (χ1) is 9.54. The minimum atomic E-state index is -1.25. The first kappa shape index (κ1) is 16.3. The summed E-state index contributed by atoms with van der Waals surface area (Å²) < 4.78 is 11.3. The molecule has 0 N–H and O–H groups in total. The normalized spacial score (nSPS) is 11.3. The van der Waals surface area contributed by atoms with Gasteiger partial charge in [0.1, 0.15) is 0 Å². The molecule has 0 radical (unpaired) electrons. The average molecular weight is 281 g/mol. The third kappa shape index (κ3) is 4.40. The van der Waals surface area contributed by atoms with Crippen molar-refractivity contribution in [2.45, 2.75) is 26.1 Å². The van der Waals surface area contributed by atoms with Crippen molar-refractivity contribution in [2.24, 2.45) is 0 Å². The first-order valence-corrected chi connectivity index (χ1v) is 6.51. The Bertz CT molecular complexity index is 440. The predicted molar refractivity (Wildman–Crippen MR) is 72.9 cm³/mol. The lowest BCUT2D eigenvalue weighted by Crippen LogP contribution is -2.37. The Labute approximate surface area is 117 Å². The molecular weight excluding hydrogens is 262 g/mol. The number of nitrogens with zero attached hydrogens (tertiary/aromatic N) is 1. The summed E-state index contributed by atoms with van der Waals surface area (Å²) in [5.41, 5.74) is 0.681. The van der Waals surface area contributed by atoms with E-state index >= 15 is 0 Å². The van der Waals surface area contributed by atoms with Crippen LogP contribution in [0.25, 0.3) is 0 Å². The van der Waals surface area contributed by atoms with Gasteiger partial charge in [-0.05, 0) is 13.8 Å². The zero-order chi connectivity index (χ0) is 15.0. The average Bonchev–Trinajstić information content (AvgIpc) is 2.39. The van der Waals surface area contributed by atoms with Crippen molar-refractivity contribution in [3.8, 4) is 0 Å². The minimum Gasteiger partial charge on any atom is -0.346 e. The molecule has 110 valence electrons. The van der Waals surface area contributed by atoms with Gasteiger partial charge in [0.15, 0.2) is 0 Å². The lowest BCUT2D eigenvalue weighted by molar-refractivity contribution is -0.468. The molecule has 0 aliphatic rings. The van der Waals surface area contributed by atoms with Gasteiger partial charge in [0.2, 0.25) is 11.6 Å². The summed E-state index contributed by atoms with van der Waals surface area (Å²) in [5, 5.41) is 10.5. The fraction of sp³-hybridized carbons (Fsp3) is 0.500. The van der Waals surface area contributed by atoms with Gasteiger partial charge in [-0.25, -0.2) is 0 Å². The molecule has 20 heavy (non-hydrogen) atoms. The van der Waals surface area contributed by atoms with Crippen LogP contribution in [0.1, 0.15) is 25.8 Å². The molecule has 0 aliphatic heterocycles. The summed E-state index contributed by atoms with van der Waals surface area (Å²) >= 11 is 0. The second-order valence-corrected chi connectivity index (χ2v) is 4.19. The van der Waals surface area contributed by atoms with Gasteiger partial charge in [-0.2, -0.15) is 0 Å². The van der Waals surface area contributed by atoms with Crippen LogP contribution in [0.4, 0.5) is 0 Å². The second kappa shape index (κ2) is 7.72. The van der Waals surface area contributed by atoms with Crippen molar-refractivity contribution < 1.29 is 19.2 Å². The van der Waals surface area contributed by atoms with Crippen LogP contribution >= 0.6 is 0 Å². The Balaban J connectivity index is 3.04. The smallest absolute Gasteiger partial charge is 0.261 e. The maximum Gasteiger partial charge on any atom is 0.261 e. The van der Waals surface area contributed by atoms with Crippen LogP contribution in [-0.2, 0) is 20.1 Å². The van der Waals surface area contributed by atoms with E-state index in [0.717, 1.165) is 0 Å². The molecule has 0 aliphatic carbocycles.